The van der Waals surface area contributed by atoms with E-state index < -0.39 is 58.4 Å². The average molecular weight is 630 g/mol. The second-order valence-electron chi connectivity index (χ2n) is 10.2. The van der Waals surface area contributed by atoms with Crippen LogP contribution >= 0.6 is 22.6 Å². The Morgan fingerprint density at radius 3 is 1.89 bits per heavy atom. The quantitative estimate of drug-likeness (QED) is 0.103. The molecule has 12 heteroatoms. The minimum Gasteiger partial charge on any atom is -0.464 e. The molecule has 0 bridgehead atoms. The first-order chi connectivity index (χ1) is 16.3. The number of imide groups is 1. The predicted molar refractivity (Wildman–Crippen MR) is 137 cm³/mol. The van der Waals surface area contributed by atoms with E-state index >= 15 is 0 Å². The van der Waals surface area contributed by atoms with Gasteiger partial charge in [0.25, 0.3) is 0 Å². The molecule has 1 aromatic heterocycles. The van der Waals surface area contributed by atoms with Crippen molar-refractivity contribution in [1.82, 2.24) is 4.98 Å². The van der Waals surface area contributed by atoms with E-state index in [1.165, 1.54) is 41.5 Å². The van der Waals surface area contributed by atoms with Crippen molar-refractivity contribution in [3.8, 4) is 0 Å². The van der Waals surface area contributed by atoms with Crippen LogP contribution in [0.2, 0.25) is 0 Å². The maximum absolute atomic E-state index is 14.2. The van der Waals surface area contributed by atoms with Crippen LogP contribution in [0.1, 0.15) is 95.4 Å². The first kappa shape index (κ1) is 31.9. The molecule has 0 N–H and O–H groups in total. The molecule has 8 nitrogen and oxygen atoms in total. The summed E-state index contributed by atoms with van der Waals surface area (Å²) >= 11 is 2.18. The second-order valence-corrected chi connectivity index (χ2v) is 11.2. The van der Waals surface area contributed by atoms with Crippen molar-refractivity contribution in [2.45, 2.75) is 91.0 Å². The van der Waals surface area contributed by atoms with Crippen LogP contribution in [0.5, 0.6) is 0 Å². The van der Waals surface area contributed by atoms with E-state index in [2.05, 4.69) is 27.6 Å². The van der Waals surface area contributed by atoms with Gasteiger partial charge in [0.15, 0.2) is 5.69 Å². The molecule has 1 atom stereocenters. The van der Waals surface area contributed by atoms with E-state index in [-0.39, 0.29) is 10.6 Å². The summed E-state index contributed by atoms with van der Waals surface area (Å²) in [6.07, 6.45) is -5.71. The van der Waals surface area contributed by atoms with Crippen LogP contribution in [0.25, 0.3) is 0 Å². The number of unbranched alkanes of at least 4 members (excludes halogenated alkanes) is 1. The SMILES string of the molecule is COC(=O)c1nc(C(C)CCCCI)c(C(F)(F)F)cc1N(C(=O)OC(C)(C)C)C(=O)OC(C)(C)C. The van der Waals surface area contributed by atoms with E-state index in [0.29, 0.717) is 18.9 Å². The fourth-order valence-electron chi connectivity index (χ4n) is 3.11. The number of halogens is 4. The van der Waals surface area contributed by atoms with Crippen LogP contribution in [0.15, 0.2) is 6.07 Å². The van der Waals surface area contributed by atoms with Gasteiger partial charge in [0.2, 0.25) is 0 Å². The van der Waals surface area contributed by atoms with Crippen molar-refractivity contribution < 1.29 is 41.8 Å². The number of carbonyl (C=O) groups excluding carboxylic acids is 3. The first-order valence-corrected chi connectivity index (χ1v) is 12.9. The maximum Gasteiger partial charge on any atom is 0.424 e. The maximum atomic E-state index is 14.2. The Hall–Kier alpha value is -2.12. The number of rotatable bonds is 7. The predicted octanol–water partition coefficient (Wildman–Crippen LogP) is 7.27. The number of ether oxygens (including phenoxy) is 3. The standard InChI is InChI=1S/C24H34F3IN2O6/c1-14(11-9-10-12-28)17-15(24(25,26)27)13-16(18(29-17)19(31)34-8)30(20(32)35-22(2,3)4)21(33)36-23(5,6)7/h13-14H,9-12H2,1-8H3. The lowest BCUT2D eigenvalue weighted by Gasteiger charge is -2.30. The number of alkyl halides is 4. The molecule has 1 heterocycles. The van der Waals surface area contributed by atoms with Gasteiger partial charge in [-0.25, -0.2) is 19.4 Å². The van der Waals surface area contributed by atoms with Gasteiger partial charge in [-0.05, 0) is 70.8 Å². The Labute approximate surface area is 223 Å². The summed E-state index contributed by atoms with van der Waals surface area (Å²) < 4.78 is 58.7. The molecular formula is C24H34F3IN2O6. The number of carbonyl (C=O) groups is 3. The van der Waals surface area contributed by atoms with Gasteiger partial charge in [-0.1, -0.05) is 35.9 Å². The number of methoxy groups -OCH3 is 1. The largest absolute Gasteiger partial charge is 0.464 e. The zero-order chi connectivity index (χ0) is 28.1. The molecular weight excluding hydrogens is 596 g/mol. The third-order valence-corrected chi connectivity index (χ3v) is 5.36. The topological polar surface area (TPSA) is 95.0 Å². The lowest BCUT2D eigenvalue weighted by Crippen LogP contribution is -2.44. The number of hydrogen-bond donors (Lipinski definition) is 0. The van der Waals surface area contributed by atoms with Crippen LogP contribution in [-0.2, 0) is 20.4 Å². The van der Waals surface area contributed by atoms with Crippen LogP contribution in [0, 0.1) is 0 Å². The monoisotopic (exact) mass is 630 g/mol. The number of anilines is 1. The smallest absolute Gasteiger partial charge is 0.424 e. The molecule has 0 aliphatic carbocycles. The highest BCUT2D eigenvalue weighted by Crippen LogP contribution is 2.39. The minimum atomic E-state index is -4.89. The summed E-state index contributed by atoms with van der Waals surface area (Å²) in [6, 6.07) is 0.553. The van der Waals surface area contributed by atoms with E-state index in [4.69, 9.17) is 14.2 Å². The summed E-state index contributed by atoms with van der Waals surface area (Å²) in [5.41, 5.74) is -5.18. The van der Waals surface area contributed by atoms with E-state index in [9.17, 15) is 27.6 Å². The van der Waals surface area contributed by atoms with Gasteiger partial charge >= 0.3 is 24.3 Å². The summed E-state index contributed by atoms with van der Waals surface area (Å²) in [6.45, 7) is 10.7. The zero-order valence-corrected chi connectivity index (χ0v) is 24.0. The summed E-state index contributed by atoms with van der Waals surface area (Å²) in [5, 5.41) is 0. The second kappa shape index (κ2) is 12.4. The molecule has 2 amide bonds. The van der Waals surface area contributed by atoms with E-state index in [1.54, 1.807) is 6.92 Å². The van der Waals surface area contributed by atoms with Crippen molar-refractivity contribution in [1.29, 1.82) is 0 Å². The highest BCUT2D eigenvalue weighted by atomic mass is 127. The van der Waals surface area contributed by atoms with Crippen molar-refractivity contribution in [3.63, 3.8) is 0 Å². The number of pyridine rings is 1. The Balaban J connectivity index is 3.91. The molecule has 0 saturated carbocycles. The Kier molecular flexibility index (Phi) is 11.0. The van der Waals surface area contributed by atoms with Crippen LogP contribution < -0.4 is 4.90 Å². The molecule has 1 rings (SSSR count). The molecule has 0 spiro atoms. The van der Waals surface area contributed by atoms with Crippen LogP contribution in [0.3, 0.4) is 0 Å². The molecule has 0 saturated heterocycles. The molecule has 204 valence electrons. The van der Waals surface area contributed by atoms with Gasteiger partial charge < -0.3 is 14.2 Å². The lowest BCUT2D eigenvalue weighted by atomic mass is 9.95. The van der Waals surface area contributed by atoms with Gasteiger partial charge in [-0.15, -0.1) is 0 Å². The molecule has 0 radical (unpaired) electrons. The Morgan fingerprint density at radius 2 is 1.50 bits per heavy atom. The number of esters is 1. The van der Waals surface area contributed by atoms with Gasteiger partial charge in [-0.2, -0.15) is 18.1 Å². The number of aromatic nitrogens is 1. The third-order valence-electron chi connectivity index (χ3n) is 4.60. The van der Waals surface area contributed by atoms with Crippen molar-refractivity contribution >= 4 is 46.4 Å². The molecule has 1 unspecified atom stereocenters. The molecule has 36 heavy (non-hydrogen) atoms. The first-order valence-electron chi connectivity index (χ1n) is 11.3. The highest BCUT2D eigenvalue weighted by Gasteiger charge is 2.41. The van der Waals surface area contributed by atoms with Crippen molar-refractivity contribution in [2.75, 3.05) is 16.4 Å². The number of hydrogen-bond acceptors (Lipinski definition) is 7. The number of nitrogens with zero attached hydrogens (tertiary/aromatic N) is 2. The van der Waals surface area contributed by atoms with Crippen LogP contribution in [0.4, 0.5) is 28.4 Å². The number of amides is 2. The van der Waals surface area contributed by atoms with Crippen LogP contribution in [-0.4, -0.2) is 45.9 Å². The van der Waals surface area contributed by atoms with E-state index in [1.807, 2.05) is 0 Å². The lowest BCUT2D eigenvalue weighted by molar-refractivity contribution is -0.138. The van der Waals surface area contributed by atoms with Gasteiger partial charge in [-0.3, -0.25) is 0 Å². The van der Waals surface area contributed by atoms with Crippen molar-refractivity contribution in [2.24, 2.45) is 0 Å². The third kappa shape index (κ3) is 9.40. The molecule has 0 fully saturated rings. The minimum absolute atomic E-state index is 0.246. The summed E-state index contributed by atoms with van der Waals surface area (Å²) in [4.78, 5) is 43.0. The Morgan fingerprint density at radius 1 is 1.00 bits per heavy atom. The summed E-state index contributed by atoms with van der Waals surface area (Å²) in [7, 11) is 1.01. The molecule has 0 aliphatic rings. The van der Waals surface area contributed by atoms with E-state index in [0.717, 1.165) is 18.0 Å². The highest BCUT2D eigenvalue weighted by molar-refractivity contribution is 14.1. The fraction of sp³-hybridized carbons (Fsp3) is 0.667. The average Bonchev–Trinajstić information content (AvgIpc) is 2.69. The van der Waals surface area contributed by atoms with Gasteiger partial charge in [0, 0.05) is 0 Å². The van der Waals surface area contributed by atoms with Gasteiger partial charge in [0.05, 0.1) is 24.1 Å². The molecule has 0 aromatic carbocycles. The summed E-state index contributed by atoms with van der Waals surface area (Å²) in [5.74, 6) is -1.80. The Bertz CT molecular complexity index is 927. The normalized spacial score (nSPS) is 13.1. The molecule has 0 aliphatic heterocycles. The van der Waals surface area contributed by atoms with Gasteiger partial charge in [0.1, 0.15) is 11.2 Å². The molecule has 1 aromatic rings. The fourth-order valence-corrected chi connectivity index (χ4v) is 3.64. The van der Waals surface area contributed by atoms with Crippen molar-refractivity contribution in [3.05, 3.63) is 23.0 Å². The zero-order valence-electron chi connectivity index (χ0n) is 21.8.